The van der Waals surface area contributed by atoms with Crippen LogP contribution in [0.1, 0.15) is 11.1 Å². The summed E-state index contributed by atoms with van der Waals surface area (Å²) < 4.78 is 11.0. The summed E-state index contributed by atoms with van der Waals surface area (Å²) >= 11 is 11.8. The topological polar surface area (TPSA) is 31.4 Å². The van der Waals surface area contributed by atoms with Crippen LogP contribution in [0.2, 0.25) is 5.02 Å². The molecule has 0 amide bonds. The van der Waals surface area contributed by atoms with Gasteiger partial charge in [0.15, 0.2) is 11.5 Å². The highest BCUT2D eigenvalue weighted by Gasteiger charge is 2.07. The lowest BCUT2D eigenvalue weighted by molar-refractivity contribution is 0.284. The Hall–Kier alpha value is -1.45. The molecular formula is C14H13Cl2NO2. The number of rotatable bonds is 5. The van der Waals surface area contributed by atoms with E-state index in [2.05, 4.69) is 4.98 Å². The summed E-state index contributed by atoms with van der Waals surface area (Å²) in [6, 6.07) is 7.42. The van der Waals surface area contributed by atoms with Crippen molar-refractivity contribution in [3.05, 3.63) is 52.8 Å². The molecule has 1 aromatic heterocycles. The summed E-state index contributed by atoms with van der Waals surface area (Å²) in [5, 5.41) is 0.582. The van der Waals surface area contributed by atoms with Gasteiger partial charge < -0.3 is 9.47 Å². The lowest BCUT2D eigenvalue weighted by atomic mass is 10.2. The molecule has 2 aromatic rings. The largest absolute Gasteiger partial charge is 0.493 e. The predicted molar refractivity (Wildman–Crippen MR) is 76.1 cm³/mol. The van der Waals surface area contributed by atoms with Crippen molar-refractivity contribution in [2.24, 2.45) is 0 Å². The molecule has 0 N–H and O–H groups in total. The molecule has 1 heterocycles. The van der Waals surface area contributed by atoms with Gasteiger partial charge in [-0.05, 0) is 23.8 Å². The highest BCUT2D eigenvalue weighted by molar-refractivity contribution is 6.31. The molecule has 0 fully saturated rings. The van der Waals surface area contributed by atoms with E-state index < -0.39 is 0 Å². The Labute approximate surface area is 122 Å². The first kappa shape index (κ1) is 14.0. The molecule has 0 saturated carbocycles. The number of aromatic nitrogens is 1. The van der Waals surface area contributed by atoms with Crippen molar-refractivity contribution in [3.8, 4) is 11.5 Å². The van der Waals surface area contributed by atoms with Gasteiger partial charge in [0.25, 0.3) is 0 Å². The van der Waals surface area contributed by atoms with Crippen molar-refractivity contribution in [1.29, 1.82) is 0 Å². The first-order valence-corrected chi connectivity index (χ1v) is 6.60. The van der Waals surface area contributed by atoms with Gasteiger partial charge in [0.2, 0.25) is 0 Å². The van der Waals surface area contributed by atoms with Crippen LogP contribution in [0.15, 0.2) is 36.7 Å². The van der Waals surface area contributed by atoms with Crippen LogP contribution in [0.25, 0.3) is 0 Å². The van der Waals surface area contributed by atoms with Gasteiger partial charge in [0, 0.05) is 23.8 Å². The normalized spacial score (nSPS) is 10.3. The minimum absolute atomic E-state index is 0.359. The lowest BCUT2D eigenvalue weighted by Crippen LogP contribution is -1.99. The van der Waals surface area contributed by atoms with Crippen molar-refractivity contribution in [2.75, 3.05) is 7.11 Å². The molecule has 0 aliphatic carbocycles. The van der Waals surface area contributed by atoms with Crippen LogP contribution in [0.5, 0.6) is 11.5 Å². The number of alkyl halides is 1. The zero-order valence-electron chi connectivity index (χ0n) is 10.4. The van der Waals surface area contributed by atoms with Crippen LogP contribution < -0.4 is 9.47 Å². The minimum atomic E-state index is 0.359. The lowest BCUT2D eigenvalue weighted by Gasteiger charge is -2.12. The summed E-state index contributed by atoms with van der Waals surface area (Å²) in [6.07, 6.45) is 3.27. The van der Waals surface area contributed by atoms with Crippen molar-refractivity contribution < 1.29 is 9.47 Å². The summed E-state index contributed by atoms with van der Waals surface area (Å²) in [7, 11) is 1.60. The first-order chi connectivity index (χ1) is 9.24. The molecule has 0 unspecified atom stereocenters. The Morgan fingerprint density at radius 2 is 2.05 bits per heavy atom. The van der Waals surface area contributed by atoms with Crippen molar-refractivity contribution in [1.82, 2.24) is 4.98 Å². The predicted octanol–water partition coefficient (Wildman–Crippen LogP) is 4.06. The van der Waals surface area contributed by atoms with Crippen LogP contribution in [0.4, 0.5) is 0 Å². The molecule has 0 radical (unpaired) electrons. The van der Waals surface area contributed by atoms with Crippen LogP contribution in [-0.2, 0) is 12.5 Å². The number of hydrogen-bond donors (Lipinski definition) is 0. The summed E-state index contributed by atoms with van der Waals surface area (Å²) in [6.45, 7) is 0.359. The second-order valence-electron chi connectivity index (χ2n) is 3.87. The Morgan fingerprint density at radius 1 is 1.21 bits per heavy atom. The monoisotopic (exact) mass is 297 g/mol. The molecule has 1 aromatic carbocycles. The standard InChI is InChI=1S/C14H13Cl2NO2/c1-18-14-6-10(7-15)2-3-13(14)19-9-11-4-5-17-8-12(11)16/h2-6,8H,7,9H2,1H3. The maximum Gasteiger partial charge on any atom is 0.161 e. The zero-order chi connectivity index (χ0) is 13.7. The number of halogens is 2. The average molecular weight is 298 g/mol. The first-order valence-electron chi connectivity index (χ1n) is 5.68. The quantitative estimate of drug-likeness (QED) is 0.780. The maximum absolute atomic E-state index is 6.02. The third-order valence-corrected chi connectivity index (χ3v) is 3.27. The Bertz CT molecular complexity index is 561. The third kappa shape index (κ3) is 3.52. The summed E-state index contributed by atoms with van der Waals surface area (Å²) in [4.78, 5) is 3.93. The van der Waals surface area contributed by atoms with E-state index in [0.717, 1.165) is 11.1 Å². The molecule has 100 valence electrons. The van der Waals surface area contributed by atoms with Gasteiger partial charge in [-0.2, -0.15) is 0 Å². The molecule has 0 aliphatic rings. The summed E-state index contributed by atoms with van der Waals surface area (Å²) in [5.41, 5.74) is 1.85. The Morgan fingerprint density at radius 3 is 2.74 bits per heavy atom. The molecule has 3 nitrogen and oxygen atoms in total. The number of methoxy groups -OCH3 is 1. The molecule has 19 heavy (non-hydrogen) atoms. The van der Waals surface area contributed by atoms with Gasteiger partial charge in [-0.25, -0.2) is 0 Å². The van der Waals surface area contributed by atoms with E-state index in [9.17, 15) is 0 Å². The Kier molecular flexibility index (Phi) is 4.88. The van der Waals surface area contributed by atoms with E-state index in [1.54, 1.807) is 19.5 Å². The molecule has 0 bridgehead atoms. The van der Waals surface area contributed by atoms with Gasteiger partial charge in [0.05, 0.1) is 12.1 Å². The van der Waals surface area contributed by atoms with Crippen LogP contribution >= 0.6 is 23.2 Å². The number of hydrogen-bond acceptors (Lipinski definition) is 3. The van der Waals surface area contributed by atoms with E-state index >= 15 is 0 Å². The van der Waals surface area contributed by atoms with E-state index in [4.69, 9.17) is 32.7 Å². The van der Waals surface area contributed by atoms with E-state index in [-0.39, 0.29) is 0 Å². The van der Waals surface area contributed by atoms with Gasteiger partial charge in [-0.3, -0.25) is 4.98 Å². The number of nitrogens with zero attached hydrogens (tertiary/aromatic N) is 1. The molecule has 0 aliphatic heterocycles. The molecule has 2 rings (SSSR count). The number of pyridine rings is 1. The van der Waals surface area contributed by atoms with Crippen LogP contribution in [0.3, 0.4) is 0 Å². The number of benzene rings is 1. The second-order valence-corrected chi connectivity index (χ2v) is 4.55. The van der Waals surface area contributed by atoms with Gasteiger partial charge >= 0.3 is 0 Å². The fourth-order valence-corrected chi connectivity index (χ4v) is 1.93. The highest BCUT2D eigenvalue weighted by atomic mass is 35.5. The Balaban J connectivity index is 2.13. The summed E-state index contributed by atoms with van der Waals surface area (Å²) in [5.74, 6) is 1.75. The average Bonchev–Trinajstić information content (AvgIpc) is 2.46. The fraction of sp³-hybridized carbons (Fsp3) is 0.214. The van der Waals surface area contributed by atoms with E-state index in [1.165, 1.54) is 0 Å². The molecular weight excluding hydrogens is 285 g/mol. The molecule has 0 saturated heterocycles. The van der Waals surface area contributed by atoms with Gasteiger partial charge in [-0.1, -0.05) is 17.7 Å². The van der Waals surface area contributed by atoms with E-state index in [1.807, 2.05) is 24.3 Å². The smallest absolute Gasteiger partial charge is 0.161 e. The second kappa shape index (κ2) is 6.64. The maximum atomic E-state index is 6.02. The van der Waals surface area contributed by atoms with Crippen molar-refractivity contribution in [2.45, 2.75) is 12.5 Å². The van der Waals surface area contributed by atoms with Crippen LogP contribution in [-0.4, -0.2) is 12.1 Å². The fourth-order valence-electron chi connectivity index (χ4n) is 1.59. The molecule has 5 heteroatoms. The zero-order valence-corrected chi connectivity index (χ0v) is 11.9. The van der Waals surface area contributed by atoms with Gasteiger partial charge in [-0.15, -0.1) is 11.6 Å². The van der Waals surface area contributed by atoms with Gasteiger partial charge in [0.1, 0.15) is 6.61 Å². The van der Waals surface area contributed by atoms with E-state index in [0.29, 0.717) is 29.0 Å². The third-order valence-electron chi connectivity index (χ3n) is 2.62. The molecule has 0 atom stereocenters. The number of ether oxygens (including phenoxy) is 2. The molecule has 0 spiro atoms. The minimum Gasteiger partial charge on any atom is -0.493 e. The van der Waals surface area contributed by atoms with Crippen molar-refractivity contribution >= 4 is 23.2 Å². The van der Waals surface area contributed by atoms with Crippen LogP contribution in [0, 0.1) is 0 Å². The highest BCUT2D eigenvalue weighted by Crippen LogP contribution is 2.29. The van der Waals surface area contributed by atoms with Crippen molar-refractivity contribution in [3.63, 3.8) is 0 Å². The SMILES string of the molecule is COc1cc(CCl)ccc1OCc1ccncc1Cl.